The molecule has 3 unspecified atom stereocenters. The second kappa shape index (κ2) is 31.3. The quantitative estimate of drug-likeness (QED) is 0.0531. The van der Waals surface area contributed by atoms with E-state index in [0.29, 0.717) is 6.42 Å². The Kier molecular flexibility index (Phi) is 30.0. The van der Waals surface area contributed by atoms with Gasteiger partial charge in [-0.25, -0.2) is 0 Å². The van der Waals surface area contributed by atoms with Gasteiger partial charge in [0.15, 0.2) is 0 Å². The van der Waals surface area contributed by atoms with Crippen LogP contribution in [0.1, 0.15) is 149 Å². The molecular formula is C36H65NO4. The van der Waals surface area contributed by atoms with Crippen LogP contribution in [0.15, 0.2) is 48.6 Å². The fourth-order valence-corrected chi connectivity index (χ4v) is 4.64. The fourth-order valence-electron chi connectivity index (χ4n) is 4.64. The lowest BCUT2D eigenvalue weighted by Gasteiger charge is -2.20. The maximum atomic E-state index is 12.3. The predicted molar refractivity (Wildman–Crippen MR) is 176 cm³/mol. The van der Waals surface area contributed by atoms with Crippen LogP contribution in [-0.2, 0) is 4.79 Å². The number of carbonyl (C=O) groups excluding carboxylic acids is 1. The van der Waals surface area contributed by atoms with Gasteiger partial charge in [0.1, 0.15) is 0 Å². The zero-order chi connectivity index (χ0) is 30.2. The Bertz CT molecular complexity index is 685. The summed E-state index contributed by atoms with van der Waals surface area (Å²) in [6.45, 7) is 4.10. The highest BCUT2D eigenvalue weighted by atomic mass is 16.3. The van der Waals surface area contributed by atoms with E-state index in [1.165, 1.54) is 64.2 Å². The second-order valence-corrected chi connectivity index (χ2v) is 11.4. The SMILES string of the molecule is CCCC/C=C\CCCCCC(O)CC(=O)NC(CO)C(O)/C=C/CC/C=C/CC/C=C/CCCCCCCCC. The maximum absolute atomic E-state index is 12.3. The van der Waals surface area contributed by atoms with Crippen molar-refractivity contribution in [2.75, 3.05) is 6.61 Å². The van der Waals surface area contributed by atoms with E-state index in [4.69, 9.17) is 0 Å². The second-order valence-electron chi connectivity index (χ2n) is 11.4. The van der Waals surface area contributed by atoms with Gasteiger partial charge in [-0.05, 0) is 64.2 Å². The normalized spacial score (nSPS) is 14.6. The average Bonchev–Trinajstić information content (AvgIpc) is 2.96. The van der Waals surface area contributed by atoms with Gasteiger partial charge in [0.2, 0.25) is 5.91 Å². The largest absolute Gasteiger partial charge is 0.394 e. The molecule has 0 aliphatic rings. The first kappa shape index (κ1) is 39.3. The molecule has 1 amide bonds. The molecule has 5 heteroatoms. The van der Waals surface area contributed by atoms with Crippen molar-refractivity contribution in [1.82, 2.24) is 5.32 Å². The molecule has 238 valence electrons. The molecule has 0 aliphatic heterocycles. The molecule has 0 saturated heterocycles. The van der Waals surface area contributed by atoms with Gasteiger partial charge < -0.3 is 20.6 Å². The molecule has 0 aromatic carbocycles. The van der Waals surface area contributed by atoms with Crippen LogP contribution in [0.2, 0.25) is 0 Å². The lowest BCUT2D eigenvalue weighted by atomic mass is 10.1. The van der Waals surface area contributed by atoms with Crippen LogP contribution in [0.3, 0.4) is 0 Å². The first-order valence-corrected chi connectivity index (χ1v) is 16.9. The van der Waals surface area contributed by atoms with Crippen LogP contribution in [0.25, 0.3) is 0 Å². The van der Waals surface area contributed by atoms with E-state index in [1.54, 1.807) is 6.08 Å². The Morgan fingerprint density at radius 1 is 0.610 bits per heavy atom. The summed E-state index contributed by atoms with van der Waals surface area (Å²) in [5.41, 5.74) is 0. The lowest BCUT2D eigenvalue weighted by Crippen LogP contribution is -2.45. The first-order valence-electron chi connectivity index (χ1n) is 16.9. The van der Waals surface area contributed by atoms with Crippen molar-refractivity contribution >= 4 is 5.91 Å². The minimum atomic E-state index is -0.961. The fraction of sp³-hybridized carbons (Fsp3) is 0.750. The van der Waals surface area contributed by atoms with Gasteiger partial charge in [-0.1, -0.05) is 127 Å². The van der Waals surface area contributed by atoms with Gasteiger partial charge in [0.05, 0.1) is 31.3 Å². The Morgan fingerprint density at radius 3 is 1.63 bits per heavy atom. The molecular weight excluding hydrogens is 510 g/mol. The Hall–Kier alpha value is -1.69. The summed E-state index contributed by atoms with van der Waals surface area (Å²) in [5.74, 6) is -0.345. The number of aliphatic hydroxyl groups excluding tert-OH is 3. The van der Waals surface area contributed by atoms with Crippen molar-refractivity contribution in [1.29, 1.82) is 0 Å². The molecule has 0 aromatic rings. The topological polar surface area (TPSA) is 89.8 Å². The molecule has 0 heterocycles. The number of nitrogens with one attached hydrogen (secondary N) is 1. The van der Waals surface area contributed by atoms with Gasteiger partial charge in [0.25, 0.3) is 0 Å². The van der Waals surface area contributed by atoms with E-state index in [-0.39, 0.29) is 18.9 Å². The van der Waals surface area contributed by atoms with E-state index in [0.717, 1.165) is 57.8 Å². The maximum Gasteiger partial charge on any atom is 0.222 e. The standard InChI is InChI=1S/C36H65NO4/c1-3-5-7-9-11-13-14-15-16-17-18-19-20-22-24-26-28-30-35(40)34(32-38)37-36(41)31-33(39)29-27-25-23-21-12-10-8-6-4-2/h10,12,16-17,20,22,28,30,33-35,38-40H,3-9,11,13-15,18-19,21,23-27,29,31-32H2,1-2H3,(H,37,41)/b12-10-,17-16+,22-20+,30-28+. The summed E-state index contributed by atoms with van der Waals surface area (Å²) >= 11 is 0. The van der Waals surface area contributed by atoms with Gasteiger partial charge in [-0.15, -0.1) is 0 Å². The minimum absolute atomic E-state index is 0.0109. The molecule has 4 N–H and O–H groups in total. The molecule has 0 aromatic heterocycles. The predicted octanol–water partition coefficient (Wildman–Crippen LogP) is 8.64. The molecule has 5 nitrogen and oxygen atoms in total. The van der Waals surface area contributed by atoms with Crippen molar-refractivity contribution < 1.29 is 20.1 Å². The van der Waals surface area contributed by atoms with Crippen molar-refractivity contribution in [3.05, 3.63) is 48.6 Å². The van der Waals surface area contributed by atoms with Crippen LogP contribution < -0.4 is 5.32 Å². The molecule has 0 aliphatic carbocycles. The van der Waals surface area contributed by atoms with Crippen molar-refractivity contribution in [2.45, 2.75) is 167 Å². The third kappa shape index (κ3) is 28.2. The average molecular weight is 576 g/mol. The highest BCUT2D eigenvalue weighted by molar-refractivity contribution is 5.76. The van der Waals surface area contributed by atoms with Crippen LogP contribution in [0.5, 0.6) is 0 Å². The summed E-state index contributed by atoms with van der Waals surface area (Å²) in [7, 11) is 0. The summed E-state index contributed by atoms with van der Waals surface area (Å²) in [5, 5.41) is 32.8. The molecule has 3 atom stereocenters. The number of hydrogen-bond acceptors (Lipinski definition) is 4. The summed E-state index contributed by atoms with van der Waals surface area (Å²) in [4.78, 5) is 12.3. The monoisotopic (exact) mass is 575 g/mol. The zero-order valence-electron chi connectivity index (χ0n) is 26.7. The summed E-state index contributed by atoms with van der Waals surface area (Å²) < 4.78 is 0. The minimum Gasteiger partial charge on any atom is -0.394 e. The number of allylic oxidation sites excluding steroid dienone is 7. The number of rotatable bonds is 29. The highest BCUT2D eigenvalue weighted by Crippen LogP contribution is 2.11. The smallest absolute Gasteiger partial charge is 0.222 e. The summed E-state index contributed by atoms with van der Waals surface area (Å²) in [6, 6.07) is -0.770. The Balaban J connectivity index is 3.89. The lowest BCUT2D eigenvalue weighted by molar-refractivity contribution is -0.124. The van der Waals surface area contributed by atoms with Gasteiger partial charge in [-0.3, -0.25) is 4.79 Å². The van der Waals surface area contributed by atoms with Crippen LogP contribution >= 0.6 is 0 Å². The molecule has 0 spiro atoms. The number of amides is 1. The molecule has 0 fully saturated rings. The highest BCUT2D eigenvalue weighted by Gasteiger charge is 2.19. The Labute approximate surface area is 253 Å². The van der Waals surface area contributed by atoms with Crippen molar-refractivity contribution in [3.63, 3.8) is 0 Å². The molecule has 0 rings (SSSR count). The number of carbonyl (C=O) groups is 1. The van der Waals surface area contributed by atoms with Gasteiger partial charge in [0, 0.05) is 0 Å². The Morgan fingerprint density at radius 2 is 1.07 bits per heavy atom. The van der Waals surface area contributed by atoms with Crippen LogP contribution in [-0.4, -0.2) is 46.1 Å². The van der Waals surface area contributed by atoms with Gasteiger partial charge in [-0.2, -0.15) is 0 Å². The molecule has 0 bridgehead atoms. The first-order chi connectivity index (χ1) is 20.0. The zero-order valence-corrected chi connectivity index (χ0v) is 26.7. The molecule has 0 saturated carbocycles. The third-order valence-corrected chi connectivity index (χ3v) is 7.32. The van der Waals surface area contributed by atoms with Crippen LogP contribution in [0, 0.1) is 0 Å². The van der Waals surface area contributed by atoms with E-state index in [2.05, 4.69) is 55.6 Å². The summed E-state index contributed by atoms with van der Waals surface area (Å²) in [6.07, 6.45) is 38.1. The van der Waals surface area contributed by atoms with Crippen molar-refractivity contribution in [3.8, 4) is 0 Å². The van der Waals surface area contributed by atoms with Crippen molar-refractivity contribution in [2.24, 2.45) is 0 Å². The van der Waals surface area contributed by atoms with E-state index >= 15 is 0 Å². The van der Waals surface area contributed by atoms with Gasteiger partial charge >= 0.3 is 0 Å². The number of aliphatic hydroxyl groups is 3. The third-order valence-electron chi connectivity index (χ3n) is 7.32. The molecule has 41 heavy (non-hydrogen) atoms. The van der Waals surface area contributed by atoms with E-state index in [1.807, 2.05) is 6.08 Å². The number of hydrogen-bond donors (Lipinski definition) is 4. The van der Waals surface area contributed by atoms with E-state index < -0.39 is 18.2 Å². The number of unbranched alkanes of at least 4 members (excludes halogenated alkanes) is 14. The van der Waals surface area contributed by atoms with E-state index in [9.17, 15) is 20.1 Å². The van der Waals surface area contributed by atoms with Crippen LogP contribution in [0.4, 0.5) is 0 Å². The molecule has 0 radical (unpaired) electrons.